The Kier molecular flexibility index (Phi) is 6.05. The van der Waals surface area contributed by atoms with Crippen LogP contribution in [0, 0.1) is 0 Å². The number of rotatable bonds is 6. The van der Waals surface area contributed by atoms with Gasteiger partial charge >= 0.3 is 0 Å². The van der Waals surface area contributed by atoms with Crippen LogP contribution in [0.15, 0.2) is 52.3 Å². The predicted octanol–water partition coefficient (Wildman–Crippen LogP) is 3.13. The molecule has 0 atom stereocenters. The number of likely N-dealkylation sites (N-methyl/N-ethyl adjacent to an activating group) is 1. The summed E-state index contributed by atoms with van der Waals surface area (Å²) in [5.74, 6) is 0. The molecule has 0 fully saturated rings. The van der Waals surface area contributed by atoms with E-state index in [1.165, 1.54) is 34.8 Å². The first kappa shape index (κ1) is 19.7. The average molecular weight is 402 g/mol. The highest BCUT2D eigenvalue weighted by atomic mass is 35.5. The van der Waals surface area contributed by atoms with Crippen molar-refractivity contribution in [3.05, 3.63) is 63.0 Å². The van der Waals surface area contributed by atoms with Crippen molar-refractivity contribution in [3.8, 4) is 5.69 Å². The van der Waals surface area contributed by atoms with E-state index in [2.05, 4.69) is 11.7 Å². The summed E-state index contributed by atoms with van der Waals surface area (Å²) in [6.07, 6.45) is 1.25. The third-order valence-electron chi connectivity index (χ3n) is 3.39. The van der Waals surface area contributed by atoms with Gasteiger partial charge in [-0.3, -0.25) is 4.79 Å². The zero-order valence-electron chi connectivity index (χ0n) is 13.7. The molecule has 0 N–H and O–H groups in total. The lowest BCUT2D eigenvalue weighted by molar-refractivity contribution is 0.453. The molecular formula is C16H17Cl2N3O3S. The van der Waals surface area contributed by atoms with E-state index in [0.717, 1.165) is 10.3 Å². The van der Waals surface area contributed by atoms with Gasteiger partial charge in [-0.25, -0.2) is 8.42 Å². The first-order valence-corrected chi connectivity index (χ1v) is 9.56. The number of aromatic nitrogens is 2. The van der Waals surface area contributed by atoms with Gasteiger partial charge in [-0.1, -0.05) is 42.3 Å². The topological polar surface area (TPSA) is 72.3 Å². The molecule has 1 aromatic heterocycles. The quantitative estimate of drug-likeness (QED) is 0.696. The lowest BCUT2D eigenvalue weighted by Gasteiger charge is -2.20. The molecule has 134 valence electrons. The summed E-state index contributed by atoms with van der Waals surface area (Å²) in [5.41, 5.74) is 0.543. The van der Waals surface area contributed by atoms with Crippen LogP contribution >= 0.6 is 23.2 Å². The fraction of sp³-hybridized carbons (Fsp3) is 0.250. The van der Waals surface area contributed by atoms with E-state index in [4.69, 9.17) is 23.2 Å². The van der Waals surface area contributed by atoms with Crippen LogP contribution in [0.2, 0.25) is 10.0 Å². The molecule has 0 aliphatic carbocycles. The van der Waals surface area contributed by atoms with Crippen LogP contribution in [-0.4, -0.2) is 35.6 Å². The Morgan fingerprint density at radius 2 is 1.88 bits per heavy atom. The maximum Gasteiger partial charge on any atom is 0.291 e. The van der Waals surface area contributed by atoms with E-state index in [0.29, 0.717) is 12.2 Å². The monoisotopic (exact) mass is 401 g/mol. The first-order valence-electron chi connectivity index (χ1n) is 7.36. The molecule has 2 rings (SSSR count). The maximum absolute atomic E-state index is 12.7. The molecule has 2 aromatic rings. The van der Waals surface area contributed by atoms with Crippen molar-refractivity contribution >= 4 is 33.2 Å². The van der Waals surface area contributed by atoms with E-state index in [9.17, 15) is 13.2 Å². The number of benzene rings is 1. The Morgan fingerprint density at radius 3 is 2.40 bits per heavy atom. The van der Waals surface area contributed by atoms with Crippen LogP contribution in [0.4, 0.5) is 0 Å². The number of halogens is 2. The molecule has 25 heavy (non-hydrogen) atoms. The van der Waals surface area contributed by atoms with Crippen LogP contribution < -0.4 is 5.56 Å². The summed E-state index contributed by atoms with van der Waals surface area (Å²) in [6.45, 7) is 7.85. The smallest absolute Gasteiger partial charge is 0.266 e. The van der Waals surface area contributed by atoms with Gasteiger partial charge in [-0.15, -0.1) is 0 Å². The van der Waals surface area contributed by atoms with Gasteiger partial charge in [0, 0.05) is 13.1 Å². The normalized spacial score (nSPS) is 11.7. The second kappa shape index (κ2) is 7.70. The highest BCUT2D eigenvalue weighted by Gasteiger charge is 2.23. The molecule has 9 heteroatoms. The standard InChI is InChI=1S/C16H17Cl2N3O3S/c1-4-20(10-11(2)3)25(23,24)13-7-5-12(6-8-13)21-16(22)15(18)14(17)9-19-21/h5-9H,2,4,10H2,1,3H3. The minimum absolute atomic E-state index is 0.0560. The van der Waals surface area contributed by atoms with Crippen molar-refractivity contribution in [2.75, 3.05) is 13.1 Å². The number of hydrogen-bond acceptors (Lipinski definition) is 4. The second-order valence-electron chi connectivity index (χ2n) is 5.41. The molecule has 0 spiro atoms. The minimum atomic E-state index is -3.65. The SMILES string of the molecule is C=C(C)CN(CC)S(=O)(=O)c1ccc(-n2ncc(Cl)c(Cl)c2=O)cc1. The Bertz CT molecular complexity index is 954. The van der Waals surface area contributed by atoms with Crippen LogP contribution in [0.5, 0.6) is 0 Å². The molecule has 1 heterocycles. The van der Waals surface area contributed by atoms with E-state index in [1.807, 2.05) is 0 Å². The molecule has 0 saturated heterocycles. The summed E-state index contributed by atoms with van der Waals surface area (Å²) in [4.78, 5) is 12.2. The van der Waals surface area contributed by atoms with Crippen LogP contribution in [0.3, 0.4) is 0 Å². The van der Waals surface area contributed by atoms with Crippen LogP contribution in [0.1, 0.15) is 13.8 Å². The van der Waals surface area contributed by atoms with Crippen molar-refractivity contribution in [1.82, 2.24) is 14.1 Å². The van der Waals surface area contributed by atoms with Crippen molar-refractivity contribution < 1.29 is 8.42 Å². The van der Waals surface area contributed by atoms with Gasteiger partial charge in [0.05, 0.1) is 21.8 Å². The average Bonchev–Trinajstić information content (AvgIpc) is 2.57. The van der Waals surface area contributed by atoms with Gasteiger partial charge in [0.2, 0.25) is 10.0 Å². The molecule has 0 radical (unpaired) electrons. The van der Waals surface area contributed by atoms with Gasteiger partial charge in [-0.05, 0) is 31.2 Å². The zero-order chi connectivity index (χ0) is 18.8. The van der Waals surface area contributed by atoms with E-state index >= 15 is 0 Å². The van der Waals surface area contributed by atoms with E-state index < -0.39 is 15.6 Å². The van der Waals surface area contributed by atoms with Crippen molar-refractivity contribution in [3.63, 3.8) is 0 Å². The third kappa shape index (κ3) is 4.12. The summed E-state index contributed by atoms with van der Waals surface area (Å²) >= 11 is 11.6. The molecule has 0 bridgehead atoms. The van der Waals surface area contributed by atoms with Gasteiger partial charge < -0.3 is 0 Å². The maximum atomic E-state index is 12.7. The molecular weight excluding hydrogens is 385 g/mol. The molecule has 0 saturated carbocycles. The molecule has 0 aliphatic heterocycles. The zero-order valence-corrected chi connectivity index (χ0v) is 16.1. The fourth-order valence-corrected chi connectivity index (χ4v) is 3.93. The minimum Gasteiger partial charge on any atom is -0.266 e. The van der Waals surface area contributed by atoms with Crippen molar-refractivity contribution in [2.24, 2.45) is 0 Å². The van der Waals surface area contributed by atoms with E-state index in [1.54, 1.807) is 13.8 Å². The molecule has 0 unspecified atom stereocenters. The van der Waals surface area contributed by atoms with Gasteiger partial charge in [0.25, 0.3) is 5.56 Å². The number of hydrogen-bond donors (Lipinski definition) is 0. The lowest BCUT2D eigenvalue weighted by atomic mass is 10.3. The Labute approximate surface area is 156 Å². The van der Waals surface area contributed by atoms with Crippen molar-refractivity contribution in [1.29, 1.82) is 0 Å². The predicted molar refractivity (Wildman–Crippen MR) is 99.1 cm³/mol. The lowest BCUT2D eigenvalue weighted by Crippen LogP contribution is -2.32. The van der Waals surface area contributed by atoms with Gasteiger partial charge in [0.1, 0.15) is 5.02 Å². The summed E-state index contributed by atoms with van der Waals surface area (Å²) in [6, 6.07) is 5.81. The highest BCUT2D eigenvalue weighted by molar-refractivity contribution is 7.89. The Hall–Kier alpha value is -1.67. The summed E-state index contributed by atoms with van der Waals surface area (Å²) < 4.78 is 27.7. The van der Waals surface area contributed by atoms with Crippen LogP contribution in [0.25, 0.3) is 5.69 Å². The number of nitrogens with zero attached hydrogens (tertiary/aromatic N) is 3. The third-order valence-corrected chi connectivity index (χ3v) is 6.08. The van der Waals surface area contributed by atoms with Crippen LogP contribution in [-0.2, 0) is 10.0 Å². The summed E-state index contributed by atoms with van der Waals surface area (Å²) in [7, 11) is -3.65. The fourth-order valence-electron chi connectivity index (χ4n) is 2.17. The molecule has 0 aliphatic rings. The molecule has 6 nitrogen and oxygen atoms in total. The Balaban J connectivity index is 2.42. The highest BCUT2D eigenvalue weighted by Crippen LogP contribution is 2.20. The van der Waals surface area contributed by atoms with Gasteiger partial charge in [-0.2, -0.15) is 14.1 Å². The summed E-state index contributed by atoms with van der Waals surface area (Å²) in [5, 5.41) is 3.82. The second-order valence-corrected chi connectivity index (χ2v) is 8.13. The molecule has 1 aromatic carbocycles. The van der Waals surface area contributed by atoms with E-state index in [-0.39, 0.29) is 21.5 Å². The molecule has 0 amide bonds. The van der Waals surface area contributed by atoms with Gasteiger partial charge in [0.15, 0.2) is 0 Å². The number of sulfonamides is 1. The first-order chi connectivity index (χ1) is 11.7. The van der Waals surface area contributed by atoms with Crippen molar-refractivity contribution in [2.45, 2.75) is 18.7 Å². The Morgan fingerprint density at radius 1 is 1.28 bits per heavy atom. The largest absolute Gasteiger partial charge is 0.291 e.